The second-order valence-corrected chi connectivity index (χ2v) is 4.10. The first-order chi connectivity index (χ1) is 7.40. The third-order valence-electron chi connectivity index (χ3n) is 2.16. The van der Waals surface area contributed by atoms with Gasteiger partial charge in [-0.05, 0) is 44.0 Å². The molecule has 0 spiro atoms. The summed E-state index contributed by atoms with van der Waals surface area (Å²) in [6.45, 7) is 5.95. The lowest BCUT2D eigenvalue weighted by Gasteiger charge is -2.21. The summed E-state index contributed by atoms with van der Waals surface area (Å²) in [6.07, 6.45) is -0.365. The predicted octanol–water partition coefficient (Wildman–Crippen LogP) is 1.96. The quantitative estimate of drug-likeness (QED) is 0.500. The molecule has 0 aliphatic carbocycles. The molecule has 6 heteroatoms. The van der Waals surface area contributed by atoms with Gasteiger partial charge in [0.2, 0.25) is 10.5 Å². The first kappa shape index (κ1) is 15.8. The van der Waals surface area contributed by atoms with Crippen molar-refractivity contribution in [3.63, 3.8) is 0 Å². The van der Waals surface area contributed by atoms with Gasteiger partial charge in [0.15, 0.2) is 0 Å². The first-order valence-corrected chi connectivity index (χ1v) is 5.77. The third kappa shape index (κ3) is 5.80. The van der Waals surface area contributed by atoms with E-state index in [1.54, 1.807) is 6.92 Å². The lowest BCUT2D eigenvalue weighted by Crippen LogP contribution is -2.31. The minimum atomic E-state index is -1.11. The van der Waals surface area contributed by atoms with Crippen molar-refractivity contribution in [3.8, 4) is 0 Å². The average Bonchev–Trinajstić information content (AvgIpc) is 2.16. The van der Waals surface area contributed by atoms with E-state index in [0.29, 0.717) is 6.61 Å². The van der Waals surface area contributed by atoms with Gasteiger partial charge in [0, 0.05) is 6.61 Å². The monoisotopic (exact) mass is 270 g/mol. The van der Waals surface area contributed by atoms with Crippen LogP contribution < -0.4 is 0 Å². The maximum absolute atomic E-state index is 10.8. The highest BCUT2D eigenvalue weighted by Crippen LogP contribution is 2.11. The molecule has 2 atom stereocenters. The van der Waals surface area contributed by atoms with Crippen molar-refractivity contribution in [2.24, 2.45) is 5.92 Å². The van der Waals surface area contributed by atoms with Crippen LogP contribution in [-0.2, 0) is 19.1 Å². The summed E-state index contributed by atoms with van der Waals surface area (Å²) in [7, 11) is 0. The maximum atomic E-state index is 10.8. The number of carbonyl (C=O) groups excluding carboxylic acids is 2. The van der Waals surface area contributed by atoms with Gasteiger partial charge >= 0.3 is 0 Å². The highest BCUT2D eigenvalue weighted by molar-refractivity contribution is 6.73. The fourth-order valence-electron chi connectivity index (χ4n) is 1.00. The fourth-order valence-corrected chi connectivity index (χ4v) is 1.38. The Labute approximate surface area is 105 Å². The van der Waals surface area contributed by atoms with E-state index in [0.717, 1.165) is 0 Å². The zero-order valence-electron chi connectivity index (χ0n) is 9.54. The highest BCUT2D eigenvalue weighted by atomic mass is 35.5. The van der Waals surface area contributed by atoms with Crippen LogP contribution in [0, 0.1) is 5.92 Å². The molecule has 0 rings (SSSR count). The molecule has 0 aromatic rings. The molecule has 0 aliphatic heterocycles. The third-order valence-corrected chi connectivity index (χ3v) is 2.69. The summed E-state index contributed by atoms with van der Waals surface area (Å²) in [6, 6.07) is 0. The van der Waals surface area contributed by atoms with E-state index in [2.05, 4.69) is 0 Å². The number of hydrogen-bond donors (Lipinski definition) is 0. The van der Waals surface area contributed by atoms with Crippen LogP contribution in [0.5, 0.6) is 0 Å². The molecule has 0 saturated carbocycles. The molecule has 0 heterocycles. The molecule has 0 fully saturated rings. The number of hydrogen-bond acceptors (Lipinski definition) is 4. The SMILES string of the molecule is CCOC(C)C(C)OCC(C(=O)Cl)C(=O)Cl. The molecule has 0 radical (unpaired) electrons. The van der Waals surface area contributed by atoms with Gasteiger partial charge in [-0.2, -0.15) is 0 Å². The van der Waals surface area contributed by atoms with Crippen LogP contribution >= 0.6 is 23.2 Å². The van der Waals surface area contributed by atoms with Gasteiger partial charge in [0.05, 0.1) is 18.8 Å². The number of rotatable bonds is 8. The average molecular weight is 271 g/mol. The molecule has 16 heavy (non-hydrogen) atoms. The van der Waals surface area contributed by atoms with E-state index in [4.69, 9.17) is 32.7 Å². The van der Waals surface area contributed by atoms with Crippen LogP contribution in [-0.4, -0.2) is 35.9 Å². The van der Waals surface area contributed by atoms with E-state index < -0.39 is 16.4 Å². The summed E-state index contributed by atoms with van der Waals surface area (Å²) in [4.78, 5) is 21.7. The molecule has 94 valence electrons. The summed E-state index contributed by atoms with van der Waals surface area (Å²) < 4.78 is 10.6. The van der Waals surface area contributed by atoms with Crippen molar-refractivity contribution in [2.75, 3.05) is 13.2 Å². The molecule has 0 aromatic carbocycles. The zero-order chi connectivity index (χ0) is 12.7. The van der Waals surface area contributed by atoms with Crippen molar-refractivity contribution >= 4 is 33.7 Å². The van der Waals surface area contributed by atoms with Gasteiger partial charge in [0.25, 0.3) is 0 Å². The van der Waals surface area contributed by atoms with Crippen LogP contribution in [0.1, 0.15) is 20.8 Å². The molecule has 4 nitrogen and oxygen atoms in total. The van der Waals surface area contributed by atoms with Crippen molar-refractivity contribution in [2.45, 2.75) is 33.0 Å². The second kappa shape index (κ2) is 8.01. The molecular weight excluding hydrogens is 255 g/mol. The molecule has 0 N–H and O–H groups in total. The Hall–Kier alpha value is -0.160. The summed E-state index contributed by atoms with van der Waals surface area (Å²) in [5, 5.41) is -1.62. The summed E-state index contributed by atoms with van der Waals surface area (Å²) >= 11 is 10.4. The zero-order valence-corrected chi connectivity index (χ0v) is 11.0. The van der Waals surface area contributed by atoms with E-state index in [1.165, 1.54) is 0 Å². The lowest BCUT2D eigenvalue weighted by atomic mass is 10.2. The lowest BCUT2D eigenvalue weighted by molar-refractivity contribution is -0.129. The van der Waals surface area contributed by atoms with Crippen LogP contribution in [0.2, 0.25) is 0 Å². The molecular formula is C10H16Cl2O4. The fraction of sp³-hybridized carbons (Fsp3) is 0.800. The van der Waals surface area contributed by atoms with Crippen LogP contribution in [0.15, 0.2) is 0 Å². The predicted molar refractivity (Wildman–Crippen MR) is 61.7 cm³/mol. The second-order valence-electron chi connectivity index (χ2n) is 3.36. The van der Waals surface area contributed by atoms with Gasteiger partial charge in [-0.3, -0.25) is 9.59 Å². The molecule has 0 aromatic heterocycles. The van der Waals surface area contributed by atoms with E-state index in [9.17, 15) is 9.59 Å². The Morgan fingerprint density at radius 1 is 1.06 bits per heavy atom. The van der Waals surface area contributed by atoms with Crippen molar-refractivity contribution < 1.29 is 19.1 Å². The number of ether oxygens (including phenoxy) is 2. The van der Waals surface area contributed by atoms with Crippen LogP contribution in [0.3, 0.4) is 0 Å². The smallest absolute Gasteiger partial charge is 0.235 e. The maximum Gasteiger partial charge on any atom is 0.235 e. The van der Waals surface area contributed by atoms with Gasteiger partial charge < -0.3 is 9.47 Å². The first-order valence-electron chi connectivity index (χ1n) is 5.02. The minimum Gasteiger partial charge on any atom is -0.376 e. The van der Waals surface area contributed by atoms with Gasteiger partial charge in [0.1, 0.15) is 5.92 Å². The van der Waals surface area contributed by atoms with Gasteiger partial charge in [-0.1, -0.05) is 0 Å². The van der Waals surface area contributed by atoms with E-state index in [-0.39, 0.29) is 18.8 Å². The molecule has 0 bridgehead atoms. The number of carbonyl (C=O) groups is 2. The van der Waals surface area contributed by atoms with Gasteiger partial charge in [-0.25, -0.2) is 0 Å². The van der Waals surface area contributed by atoms with E-state index >= 15 is 0 Å². The summed E-state index contributed by atoms with van der Waals surface area (Å²) in [5.41, 5.74) is 0. The highest BCUT2D eigenvalue weighted by Gasteiger charge is 2.25. The Morgan fingerprint density at radius 2 is 1.50 bits per heavy atom. The largest absolute Gasteiger partial charge is 0.376 e. The Balaban J connectivity index is 4.10. The van der Waals surface area contributed by atoms with Crippen LogP contribution in [0.25, 0.3) is 0 Å². The van der Waals surface area contributed by atoms with E-state index in [1.807, 2.05) is 13.8 Å². The Kier molecular flexibility index (Phi) is 7.93. The Morgan fingerprint density at radius 3 is 1.88 bits per heavy atom. The van der Waals surface area contributed by atoms with Crippen molar-refractivity contribution in [1.29, 1.82) is 0 Å². The van der Waals surface area contributed by atoms with Crippen molar-refractivity contribution in [1.82, 2.24) is 0 Å². The number of halogens is 2. The summed E-state index contributed by atoms with van der Waals surface area (Å²) in [5.74, 6) is -1.11. The molecule has 2 unspecified atom stereocenters. The van der Waals surface area contributed by atoms with Gasteiger partial charge in [-0.15, -0.1) is 0 Å². The minimum absolute atomic E-state index is 0.122. The normalized spacial score (nSPS) is 14.9. The molecule has 0 amide bonds. The topological polar surface area (TPSA) is 52.6 Å². The molecule has 0 aliphatic rings. The standard InChI is InChI=1S/C10H16Cl2O4/c1-4-15-6(2)7(3)16-5-8(9(11)13)10(12)14/h6-8H,4-5H2,1-3H3. The van der Waals surface area contributed by atoms with Crippen LogP contribution in [0.4, 0.5) is 0 Å². The Bertz CT molecular complexity index is 231. The molecule has 0 saturated heterocycles. The van der Waals surface area contributed by atoms with Crippen molar-refractivity contribution in [3.05, 3.63) is 0 Å².